The van der Waals surface area contributed by atoms with E-state index in [9.17, 15) is 4.39 Å². The molecule has 1 saturated heterocycles. The van der Waals surface area contributed by atoms with Crippen LogP contribution in [0.2, 0.25) is 10.0 Å². The van der Waals surface area contributed by atoms with Crippen LogP contribution in [-0.4, -0.2) is 26.3 Å². The molecule has 2 aromatic rings. The quantitative estimate of drug-likeness (QED) is 0.770. The van der Waals surface area contributed by atoms with Gasteiger partial charge in [-0.25, -0.2) is 4.39 Å². The van der Waals surface area contributed by atoms with E-state index in [1.54, 1.807) is 12.1 Å². The van der Waals surface area contributed by atoms with Gasteiger partial charge in [0.15, 0.2) is 5.82 Å². The second-order valence-electron chi connectivity index (χ2n) is 5.28. The van der Waals surface area contributed by atoms with E-state index in [2.05, 4.69) is 4.90 Å². The summed E-state index contributed by atoms with van der Waals surface area (Å²) in [5.74, 6) is -0.115. The Labute approximate surface area is 143 Å². The van der Waals surface area contributed by atoms with Crippen molar-refractivity contribution in [3.8, 4) is 0 Å². The van der Waals surface area contributed by atoms with Gasteiger partial charge in [-0.15, -0.1) is 11.3 Å². The normalized spacial score (nSPS) is 15.4. The highest BCUT2D eigenvalue weighted by Crippen LogP contribution is 2.36. The maximum Gasteiger partial charge on any atom is 0.161 e. The molecule has 0 aliphatic carbocycles. The van der Waals surface area contributed by atoms with E-state index < -0.39 is 0 Å². The first-order valence-electron chi connectivity index (χ1n) is 7.10. The fraction of sp³-hybridized carbons (Fsp3) is 0.375. The van der Waals surface area contributed by atoms with Gasteiger partial charge in [-0.2, -0.15) is 0 Å². The topological polar surface area (TPSA) is 12.5 Å². The van der Waals surface area contributed by atoms with Gasteiger partial charge in [-0.1, -0.05) is 29.3 Å². The summed E-state index contributed by atoms with van der Waals surface area (Å²) in [5, 5.41) is 1.73. The molecule has 2 heterocycles. The molecule has 0 atom stereocenters. The van der Waals surface area contributed by atoms with Crippen LogP contribution in [0.1, 0.15) is 16.0 Å². The van der Waals surface area contributed by atoms with Crippen molar-refractivity contribution in [3.05, 3.63) is 50.1 Å². The lowest BCUT2D eigenvalue weighted by Gasteiger charge is -2.27. The van der Waals surface area contributed by atoms with Crippen molar-refractivity contribution in [1.82, 2.24) is 0 Å². The van der Waals surface area contributed by atoms with Crippen LogP contribution in [0.25, 0.3) is 0 Å². The average Bonchev–Trinajstić information content (AvgIpc) is 2.80. The second-order valence-corrected chi connectivity index (χ2v) is 7.30. The maximum absolute atomic E-state index is 14.8. The average molecular weight is 360 g/mol. The molecule has 6 heteroatoms. The first kappa shape index (κ1) is 16.1. The van der Waals surface area contributed by atoms with Crippen molar-refractivity contribution < 1.29 is 9.13 Å². The number of hydrogen-bond acceptors (Lipinski definition) is 3. The smallest absolute Gasteiger partial charge is 0.161 e. The standard InChI is InChI=1S/C16H16Cl2FNOS/c1-10-12(8-11-2-3-13(17)14(18)9-11)15(19)16(22-10)20-4-6-21-7-5-20/h2-3,9H,4-8H2,1H3. The minimum absolute atomic E-state index is 0.115. The molecule has 118 valence electrons. The molecular weight excluding hydrogens is 344 g/mol. The minimum atomic E-state index is -0.115. The number of benzene rings is 1. The highest BCUT2D eigenvalue weighted by atomic mass is 35.5. The van der Waals surface area contributed by atoms with Crippen molar-refractivity contribution in [2.75, 3.05) is 31.2 Å². The molecule has 1 fully saturated rings. The number of aryl methyl sites for hydroxylation is 1. The summed E-state index contributed by atoms with van der Waals surface area (Å²) >= 11 is 13.5. The molecule has 0 unspecified atom stereocenters. The third-order valence-corrected chi connectivity index (χ3v) is 5.71. The number of rotatable bonds is 3. The monoisotopic (exact) mass is 359 g/mol. The summed E-state index contributed by atoms with van der Waals surface area (Å²) in [6, 6.07) is 5.44. The van der Waals surface area contributed by atoms with Crippen LogP contribution in [0, 0.1) is 12.7 Å². The highest BCUT2D eigenvalue weighted by Gasteiger charge is 2.22. The molecule has 0 N–H and O–H groups in total. The molecule has 0 spiro atoms. The van der Waals surface area contributed by atoms with Gasteiger partial charge >= 0.3 is 0 Å². The molecule has 1 aliphatic heterocycles. The molecule has 0 amide bonds. The van der Waals surface area contributed by atoms with E-state index >= 15 is 0 Å². The van der Waals surface area contributed by atoms with Crippen molar-refractivity contribution in [2.45, 2.75) is 13.3 Å². The van der Waals surface area contributed by atoms with Crippen LogP contribution in [0.3, 0.4) is 0 Å². The minimum Gasteiger partial charge on any atom is -0.378 e. The van der Waals surface area contributed by atoms with Crippen LogP contribution in [0.15, 0.2) is 18.2 Å². The van der Waals surface area contributed by atoms with Crippen LogP contribution in [0.4, 0.5) is 9.39 Å². The Morgan fingerprint density at radius 3 is 2.64 bits per heavy atom. The predicted molar refractivity (Wildman–Crippen MR) is 91.3 cm³/mol. The zero-order valence-corrected chi connectivity index (χ0v) is 14.5. The van der Waals surface area contributed by atoms with E-state index in [0.717, 1.165) is 34.1 Å². The second kappa shape index (κ2) is 6.75. The molecule has 0 bridgehead atoms. The van der Waals surface area contributed by atoms with Crippen LogP contribution >= 0.6 is 34.5 Å². The molecule has 22 heavy (non-hydrogen) atoms. The fourth-order valence-corrected chi connectivity index (χ4v) is 3.98. The van der Waals surface area contributed by atoms with E-state index in [1.807, 2.05) is 13.0 Å². The summed E-state index contributed by atoms with van der Waals surface area (Å²) in [5.41, 5.74) is 1.70. The summed E-state index contributed by atoms with van der Waals surface area (Å²) in [7, 11) is 0. The maximum atomic E-state index is 14.8. The Morgan fingerprint density at radius 1 is 1.23 bits per heavy atom. The summed E-state index contributed by atoms with van der Waals surface area (Å²) < 4.78 is 20.1. The van der Waals surface area contributed by atoms with Gasteiger partial charge in [0.1, 0.15) is 5.00 Å². The number of nitrogens with zero attached hydrogens (tertiary/aromatic N) is 1. The molecule has 2 nitrogen and oxygen atoms in total. The van der Waals surface area contributed by atoms with Crippen molar-refractivity contribution in [2.24, 2.45) is 0 Å². The van der Waals surface area contributed by atoms with Gasteiger partial charge < -0.3 is 9.64 Å². The number of thiophene rings is 1. The van der Waals surface area contributed by atoms with Crippen molar-refractivity contribution in [1.29, 1.82) is 0 Å². The third kappa shape index (κ3) is 3.25. The van der Waals surface area contributed by atoms with Crippen LogP contribution in [0.5, 0.6) is 0 Å². The van der Waals surface area contributed by atoms with Gasteiger partial charge in [0.05, 0.1) is 23.3 Å². The van der Waals surface area contributed by atoms with Gasteiger partial charge in [0.2, 0.25) is 0 Å². The molecule has 0 saturated carbocycles. The van der Waals surface area contributed by atoms with Crippen LogP contribution < -0.4 is 4.90 Å². The van der Waals surface area contributed by atoms with E-state index in [0.29, 0.717) is 29.7 Å². The van der Waals surface area contributed by atoms with Gasteiger partial charge in [0.25, 0.3) is 0 Å². The Bertz CT molecular complexity index is 683. The van der Waals surface area contributed by atoms with Gasteiger partial charge in [-0.3, -0.25) is 0 Å². The Hall–Kier alpha value is -0.810. The van der Waals surface area contributed by atoms with E-state index in [-0.39, 0.29) is 5.82 Å². The number of hydrogen-bond donors (Lipinski definition) is 0. The zero-order valence-electron chi connectivity index (χ0n) is 12.2. The number of halogens is 3. The lowest BCUT2D eigenvalue weighted by molar-refractivity contribution is 0.122. The van der Waals surface area contributed by atoms with E-state index in [1.165, 1.54) is 11.3 Å². The molecule has 3 rings (SSSR count). The van der Waals surface area contributed by atoms with Crippen molar-refractivity contribution >= 4 is 39.5 Å². The molecule has 1 aromatic heterocycles. The molecule has 1 aliphatic rings. The Kier molecular flexibility index (Phi) is 4.93. The largest absolute Gasteiger partial charge is 0.378 e. The van der Waals surface area contributed by atoms with Gasteiger partial charge in [-0.05, 0) is 24.6 Å². The summed E-state index contributed by atoms with van der Waals surface area (Å²) in [6.45, 7) is 4.74. The third-order valence-electron chi connectivity index (χ3n) is 3.79. The summed E-state index contributed by atoms with van der Waals surface area (Å²) in [4.78, 5) is 3.07. The first-order chi connectivity index (χ1) is 10.6. The lowest BCUT2D eigenvalue weighted by atomic mass is 10.1. The van der Waals surface area contributed by atoms with E-state index in [4.69, 9.17) is 27.9 Å². The number of anilines is 1. The van der Waals surface area contributed by atoms with Crippen molar-refractivity contribution in [3.63, 3.8) is 0 Å². The number of ether oxygens (including phenoxy) is 1. The van der Waals surface area contributed by atoms with Gasteiger partial charge in [0, 0.05) is 30.0 Å². The molecular formula is C16H16Cl2FNOS. The zero-order chi connectivity index (χ0) is 15.7. The van der Waals surface area contributed by atoms with Crippen LogP contribution in [-0.2, 0) is 11.2 Å². The number of morpholine rings is 1. The summed E-state index contributed by atoms with van der Waals surface area (Å²) in [6.07, 6.45) is 0.523. The Balaban J connectivity index is 1.87. The molecule has 0 radical (unpaired) electrons. The lowest BCUT2D eigenvalue weighted by Crippen LogP contribution is -2.36. The predicted octanol–water partition coefficient (Wildman–Crippen LogP) is 4.93. The highest BCUT2D eigenvalue weighted by molar-refractivity contribution is 7.16. The molecule has 1 aromatic carbocycles. The fourth-order valence-electron chi connectivity index (χ4n) is 2.56. The Morgan fingerprint density at radius 2 is 1.95 bits per heavy atom. The SMILES string of the molecule is Cc1sc(N2CCOCC2)c(F)c1Cc1ccc(Cl)c(Cl)c1. The first-order valence-corrected chi connectivity index (χ1v) is 8.68.